The number of fused-ring (bicyclic) bond motifs is 7. The van der Waals surface area contributed by atoms with Crippen molar-refractivity contribution in [1.82, 2.24) is 0 Å². The summed E-state index contributed by atoms with van der Waals surface area (Å²) in [7, 11) is 0. The van der Waals surface area contributed by atoms with E-state index in [1.54, 1.807) is 0 Å². The summed E-state index contributed by atoms with van der Waals surface area (Å²) in [5.41, 5.74) is 6.83. The molecule has 41 heavy (non-hydrogen) atoms. The van der Waals surface area contributed by atoms with Crippen LogP contribution in [0.4, 0.5) is 0 Å². The molecule has 0 aliphatic rings. The third-order valence-electron chi connectivity index (χ3n) is 8.60. The predicted octanol–water partition coefficient (Wildman–Crippen LogP) is 11.5. The van der Waals surface area contributed by atoms with E-state index in [0.29, 0.717) is 0 Å². The first-order valence-corrected chi connectivity index (χ1v) is 14.1. The molecule has 0 spiro atoms. The van der Waals surface area contributed by atoms with Gasteiger partial charge in [-0.25, -0.2) is 0 Å². The topological polar surface area (TPSA) is 13.1 Å². The minimum atomic E-state index is 0.917. The average Bonchev–Trinajstić information content (AvgIpc) is 3.38. The number of benzene rings is 8. The van der Waals surface area contributed by atoms with E-state index in [9.17, 15) is 0 Å². The van der Waals surface area contributed by atoms with Gasteiger partial charge in [0.15, 0.2) is 0 Å². The molecule has 0 N–H and O–H groups in total. The van der Waals surface area contributed by atoms with Crippen molar-refractivity contribution in [3.8, 4) is 22.3 Å². The molecule has 1 nitrogen and oxygen atoms in total. The fourth-order valence-electron chi connectivity index (χ4n) is 6.71. The van der Waals surface area contributed by atoms with Gasteiger partial charge in [0.05, 0.1) is 0 Å². The van der Waals surface area contributed by atoms with Crippen LogP contribution in [-0.2, 0) is 0 Å². The lowest BCUT2D eigenvalue weighted by atomic mass is 9.85. The Hall–Kier alpha value is -5.40. The van der Waals surface area contributed by atoms with E-state index in [4.69, 9.17) is 4.42 Å². The minimum absolute atomic E-state index is 0.917. The quantitative estimate of drug-likeness (QED) is 0.207. The van der Waals surface area contributed by atoms with E-state index in [-0.39, 0.29) is 0 Å². The van der Waals surface area contributed by atoms with Gasteiger partial charge in [-0.1, -0.05) is 115 Å². The van der Waals surface area contributed by atoms with Crippen LogP contribution in [0, 0.1) is 0 Å². The number of hydrogen-bond donors (Lipinski definition) is 0. The number of hydrogen-bond acceptors (Lipinski definition) is 1. The van der Waals surface area contributed by atoms with E-state index >= 15 is 0 Å². The monoisotopic (exact) mass is 520 g/mol. The van der Waals surface area contributed by atoms with Crippen molar-refractivity contribution in [3.05, 3.63) is 146 Å². The molecule has 0 amide bonds. The Kier molecular flexibility index (Phi) is 4.67. The van der Waals surface area contributed by atoms with Gasteiger partial charge < -0.3 is 4.42 Å². The second kappa shape index (κ2) is 8.55. The van der Waals surface area contributed by atoms with Crippen LogP contribution in [0.5, 0.6) is 0 Å². The highest BCUT2D eigenvalue weighted by Crippen LogP contribution is 2.45. The molecule has 1 heterocycles. The van der Waals surface area contributed by atoms with Crippen LogP contribution in [0.3, 0.4) is 0 Å². The third-order valence-corrected chi connectivity index (χ3v) is 8.60. The molecule has 0 fully saturated rings. The van der Waals surface area contributed by atoms with Gasteiger partial charge in [-0.3, -0.25) is 0 Å². The molecule has 0 atom stereocenters. The Labute approximate surface area is 236 Å². The maximum Gasteiger partial charge on any atom is 0.136 e. The van der Waals surface area contributed by atoms with Crippen LogP contribution in [0.15, 0.2) is 150 Å². The average molecular weight is 521 g/mol. The standard InChI is InChI=1S/C40H24O/c1-2-10-26-21-29(18-17-25(26)9-1)39-31-13-5-7-15-33(31)40(34-16-8-6-14-32(34)39)30-19-20-37-35(23-30)36-22-27-11-3-4-12-28(27)24-38(36)41-37/h1-24H. The zero-order valence-corrected chi connectivity index (χ0v) is 22.3. The summed E-state index contributed by atoms with van der Waals surface area (Å²) in [5.74, 6) is 0. The second-order valence-electron chi connectivity index (χ2n) is 10.9. The molecule has 0 unspecified atom stereocenters. The molecule has 190 valence electrons. The van der Waals surface area contributed by atoms with Crippen LogP contribution in [-0.4, -0.2) is 0 Å². The van der Waals surface area contributed by atoms with Crippen molar-refractivity contribution in [3.63, 3.8) is 0 Å². The SMILES string of the molecule is c1ccc2cc(-c3c4ccccc4c(-c4ccc5oc6cc7ccccc7cc6c5c4)c4ccccc34)ccc2c1. The fourth-order valence-corrected chi connectivity index (χ4v) is 6.71. The maximum absolute atomic E-state index is 6.34. The van der Waals surface area contributed by atoms with Crippen LogP contribution >= 0.6 is 0 Å². The summed E-state index contributed by atoms with van der Waals surface area (Å²) in [6.45, 7) is 0. The van der Waals surface area contributed by atoms with E-state index in [1.807, 2.05) is 0 Å². The lowest BCUT2D eigenvalue weighted by Crippen LogP contribution is -1.91. The van der Waals surface area contributed by atoms with Crippen molar-refractivity contribution in [1.29, 1.82) is 0 Å². The Morgan fingerprint density at radius 1 is 0.293 bits per heavy atom. The summed E-state index contributed by atoms with van der Waals surface area (Å²) < 4.78 is 6.34. The summed E-state index contributed by atoms with van der Waals surface area (Å²) in [6, 6.07) is 52.7. The smallest absolute Gasteiger partial charge is 0.136 e. The first kappa shape index (κ1) is 22.4. The molecule has 0 saturated carbocycles. The fraction of sp³-hybridized carbons (Fsp3) is 0. The Morgan fingerprint density at radius 3 is 1.39 bits per heavy atom. The van der Waals surface area contributed by atoms with Gasteiger partial charge in [0, 0.05) is 10.8 Å². The molecule has 9 aromatic rings. The Bertz CT molecular complexity index is 2420. The highest BCUT2D eigenvalue weighted by Gasteiger charge is 2.18. The third kappa shape index (κ3) is 3.36. The van der Waals surface area contributed by atoms with Crippen molar-refractivity contribution in [2.24, 2.45) is 0 Å². The van der Waals surface area contributed by atoms with E-state index in [1.165, 1.54) is 65.3 Å². The Balaban J connectivity index is 1.36. The van der Waals surface area contributed by atoms with Crippen LogP contribution < -0.4 is 0 Å². The molecule has 0 bridgehead atoms. The molecule has 1 aromatic heterocycles. The summed E-state index contributed by atoms with van der Waals surface area (Å²) in [4.78, 5) is 0. The lowest BCUT2D eigenvalue weighted by Gasteiger charge is -2.18. The highest BCUT2D eigenvalue weighted by molar-refractivity contribution is 6.22. The van der Waals surface area contributed by atoms with Gasteiger partial charge in [-0.2, -0.15) is 0 Å². The second-order valence-corrected chi connectivity index (χ2v) is 10.9. The molecule has 9 rings (SSSR count). The molecule has 8 aromatic carbocycles. The Morgan fingerprint density at radius 2 is 0.756 bits per heavy atom. The number of furan rings is 1. The van der Waals surface area contributed by atoms with Crippen LogP contribution in [0.1, 0.15) is 0 Å². The van der Waals surface area contributed by atoms with E-state index in [2.05, 4.69) is 146 Å². The van der Waals surface area contributed by atoms with E-state index in [0.717, 1.165) is 21.9 Å². The largest absolute Gasteiger partial charge is 0.456 e. The maximum atomic E-state index is 6.34. The summed E-state index contributed by atoms with van der Waals surface area (Å²) >= 11 is 0. The molecular formula is C40H24O. The van der Waals surface area contributed by atoms with Crippen molar-refractivity contribution < 1.29 is 4.42 Å². The molecule has 0 aliphatic heterocycles. The van der Waals surface area contributed by atoms with Crippen molar-refractivity contribution >= 4 is 65.0 Å². The lowest BCUT2D eigenvalue weighted by molar-refractivity contribution is 0.669. The normalized spacial score (nSPS) is 11.9. The zero-order valence-electron chi connectivity index (χ0n) is 22.3. The van der Waals surface area contributed by atoms with Gasteiger partial charge >= 0.3 is 0 Å². The zero-order chi connectivity index (χ0) is 26.9. The van der Waals surface area contributed by atoms with Gasteiger partial charge in [0.2, 0.25) is 0 Å². The van der Waals surface area contributed by atoms with Crippen LogP contribution in [0.25, 0.3) is 87.3 Å². The molecule has 1 heteroatoms. The first-order valence-electron chi connectivity index (χ1n) is 14.1. The van der Waals surface area contributed by atoms with Gasteiger partial charge in [0.25, 0.3) is 0 Å². The van der Waals surface area contributed by atoms with Crippen LogP contribution in [0.2, 0.25) is 0 Å². The van der Waals surface area contributed by atoms with Crippen molar-refractivity contribution in [2.75, 3.05) is 0 Å². The molecule has 0 radical (unpaired) electrons. The van der Waals surface area contributed by atoms with Gasteiger partial charge in [-0.05, 0) is 95.7 Å². The predicted molar refractivity (Wildman–Crippen MR) is 175 cm³/mol. The molecular weight excluding hydrogens is 496 g/mol. The first-order chi connectivity index (χ1) is 20.3. The summed E-state index contributed by atoms with van der Waals surface area (Å²) in [5, 5.41) is 12.3. The van der Waals surface area contributed by atoms with Crippen molar-refractivity contribution in [2.45, 2.75) is 0 Å². The van der Waals surface area contributed by atoms with E-state index < -0.39 is 0 Å². The van der Waals surface area contributed by atoms with Gasteiger partial charge in [0.1, 0.15) is 11.2 Å². The summed E-state index contributed by atoms with van der Waals surface area (Å²) in [6.07, 6.45) is 0. The minimum Gasteiger partial charge on any atom is -0.456 e. The van der Waals surface area contributed by atoms with Gasteiger partial charge in [-0.15, -0.1) is 0 Å². The number of rotatable bonds is 2. The highest BCUT2D eigenvalue weighted by atomic mass is 16.3. The molecule has 0 saturated heterocycles. The molecule has 0 aliphatic carbocycles.